The second-order valence-corrected chi connectivity index (χ2v) is 6.00. The van der Waals surface area contributed by atoms with Gasteiger partial charge in [-0.1, -0.05) is 0 Å². The average molecular weight is 415 g/mol. The lowest BCUT2D eigenvalue weighted by Gasteiger charge is -2.10. The minimum atomic E-state index is -4.61. The zero-order chi connectivity index (χ0) is 21.3. The fourth-order valence-electron chi connectivity index (χ4n) is 2.67. The number of halogens is 3. The van der Waals surface area contributed by atoms with E-state index in [0.717, 1.165) is 10.9 Å². The van der Waals surface area contributed by atoms with E-state index in [2.05, 4.69) is 30.3 Å². The molecule has 12 heteroatoms. The molecule has 0 spiro atoms. The van der Waals surface area contributed by atoms with Gasteiger partial charge in [-0.15, -0.1) is 0 Å². The van der Waals surface area contributed by atoms with Crippen LogP contribution in [0.25, 0.3) is 22.7 Å². The number of ether oxygens (including phenoxy) is 1. The van der Waals surface area contributed by atoms with Gasteiger partial charge in [0.05, 0.1) is 17.5 Å². The zero-order valence-electron chi connectivity index (χ0n) is 15.3. The molecule has 0 aliphatic carbocycles. The van der Waals surface area contributed by atoms with Crippen molar-refractivity contribution in [2.24, 2.45) is 0 Å². The summed E-state index contributed by atoms with van der Waals surface area (Å²) in [4.78, 5) is 32.4. The summed E-state index contributed by atoms with van der Waals surface area (Å²) in [5, 5.41) is -0.156. The van der Waals surface area contributed by atoms with Crippen LogP contribution in [0.3, 0.4) is 0 Å². The molecular weight excluding hydrogens is 403 g/mol. The van der Waals surface area contributed by atoms with E-state index < -0.39 is 17.8 Å². The molecule has 0 bridgehead atoms. The highest BCUT2D eigenvalue weighted by Crippen LogP contribution is 2.35. The number of rotatable bonds is 3. The van der Waals surface area contributed by atoms with Crippen molar-refractivity contribution in [3.8, 4) is 17.4 Å². The van der Waals surface area contributed by atoms with Crippen LogP contribution in [0.2, 0.25) is 0 Å². The van der Waals surface area contributed by atoms with Gasteiger partial charge >= 0.3 is 12.3 Å². The van der Waals surface area contributed by atoms with Gasteiger partial charge in [-0.25, -0.2) is 39.8 Å². The fourth-order valence-corrected chi connectivity index (χ4v) is 2.67. The van der Waals surface area contributed by atoms with E-state index in [0.29, 0.717) is 11.5 Å². The van der Waals surface area contributed by atoms with Crippen LogP contribution in [0, 0.1) is 6.92 Å². The Kier molecular flexibility index (Phi) is 4.74. The topological polar surface area (TPSA) is 108 Å². The lowest BCUT2D eigenvalue weighted by molar-refractivity contribution is -0.136. The molecule has 0 radical (unpaired) electrons. The fraction of sp³-hybridized carbons (Fsp3) is 0.111. The van der Waals surface area contributed by atoms with Crippen LogP contribution in [0.5, 0.6) is 5.75 Å². The van der Waals surface area contributed by atoms with E-state index in [-0.39, 0.29) is 22.6 Å². The van der Waals surface area contributed by atoms with Crippen molar-refractivity contribution in [3.05, 3.63) is 60.4 Å². The van der Waals surface area contributed by atoms with Crippen molar-refractivity contribution in [1.82, 2.24) is 29.6 Å². The highest BCUT2D eigenvalue weighted by molar-refractivity contribution is 5.85. The number of carbonyl (C=O) groups excluding carboxylic acids is 1. The lowest BCUT2D eigenvalue weighted by atomic mass is 10.2. The first-order chi connectivity index (χ1) is 14.3. The number of nitrogens with zero attached hydrogens (tertiary/aromatic N) is 6. The van der Waals surface area contributed by atoms with E-state index in [1.54, 1.807) is 13.0 Å². The van der Waals surface area contributed by atoms with Gasteiger partial charge in [0.1, 0.15) is 0 Å². The monoisotopic (exact) mass is 415 g/mol. The third-order valence-corrected chi connectivity index (χ3v) is 3.98. The van der Waals surface area contributed by atoms with Gasteiger partial charge in [-0.3, -0.25) is 0 Å². The Labute approximate surface area is 166 Å². The highest BCUT2D eigenvalue weighted by atomic mass is 19.4. The largest absolute Gasteiger partial charge is 0.432 e. The maximum absolute atomic E-state index is 13.2. The molecule has 0 aliphatic rings. The summed E-state index contributed by atoms with van der Waals surface area (Å²) in [5.41, 5.74) is 1.52. The molecule has 9 nitrogen and oxygen atoms in total. The van der Waals surface area contributed by atoms with Crippen molar-refractivity contribution in [2.75, 3.05) is 5.43 Å². The zero-order valence-corrected chi connectivity index (χ0v) is 15.3. The van der Waals surface area contributed by atoms with Crippen molar-refractivity contribution in [1.29, 1.82) is 0 Å². The normalized spacial score (nSPS) is 11.5. The second kappa shape index (κ2) is 7.39. The van der Waals surface area contributed by atoms with Crippen LogP contribution < -0.4 is 10.2 Å². The number of aromatic nitrogens is 6. The van der Waals surface area contributed by atoms with E-state index in [4.69, 9.17) is 4.74 Å². The average Bonchev–Trinajstić information content (AvgIpc) is 3.09. The van der Waals surface area contributed by atoms with Crippen molar-refractivity contribution < 1.29 is 22.7 Å². The Balaban J connectivity index is 1.56. The molecular formula is C18H12F3N7O2. The molecule has 4 rings (SSSR count). The third kappa shape index (κ3) is 3.74. The molecule has 4 aromatic heterocycles. The van der Waals surface area contributed by atoms with Gasteiger partial charge < -0.3 is 4.74 Å². The molecule has 1 amide bonds. The third-order valence-electron chi connectivity index (χ3n) is 3.98. The van der Waals surface area contributed by atoms with Crippen LogP contribution in [0.1, 0.15) is 11.3 Å². The molecule has 0 aliphatic heterocycles. The Morgan fingerprint density at radius 1 is 1.07 bits per heavy atom. The molecule has 0 saturated heterocycles. The standard InChI is InChI=1S/C18H12F3N7O2/c1-10-13(8-25-15(26-10)14-22-6-3-7-23-14)30-17(29)27-28-9-12(18(19,20)21)11-4-2-5-24-16(11)28/h2-9H,1H3,(H,27,29). The summed E-state index contributed by atoms with van der Waals surface area (Å²) >= 11 is 0. The SMILES string of the molecule is Cc1nc(-c2ncccn2)ncc1OC(=O)Nn1cc(C(F)(F)F)c2cccnc21. The smallest absolute Gasteiger partial charge is 0.406 e. The van der Waals surface area contributed by atoms with Gasteiger partial charge in [0.25, 0.3) is 0 Å². The minimum Gasteiger partial charge on any atom is -0.406 e. The number of carbonyl (C=O) groups is 1. The van der Waals surface area contributed by atoms with Gasteiger partial charge in [0, 0.05) is 30.2 Å². The molecule has 152 valence electrons. The summed E-state index contributed by atoms with van der Waals surface area (Å²) in [7, 11) is 0. The Morgan fingerprint density at radius 2 is 1.80 bits per heavy atom. The molecule has 0 atom stereocenters. The van der Waals surface area contributed by atoms with Gasteiger partial charge in [-0.05, 0) is 25.1 Å². The van der Waals surface area contributed by atoms with Crippen LogP contribution >= 0.6 is 0 Å². The minimum absolute atomic E-state index is 0.0210. The Morgan fingerprint density at radius 3 is 2.50 bits per heavy atom. The van der Waals surface area contributed by atoms with E-state index in [1.165, 1.54) is 36.9 Å². The number of hydrogen-bond donors (Lipinski definition) is 1. The van der Waals surface area contributed by atoms with Crippen molar-refractivity contribution >= 4 is 17.1 Å². The highest BCUT2D eigenvalue weighted by Gasteiger charge is 2.35. The van der Waals surface area contributed by atoms with Gasteiger partial charge in [-0.2, -0.15) is 13.2 Å². The molecule has 0 aromatic carbocycles. The summed E-state index contributed by atoms with van der Waals surface area (Å²) in [6.45, 7) is 1.57. The van der Waals surface area contributed by atoms with Crippen molar-refractivity contribution in [3.63, 3.8) is 0 Å². The number of amides is 1. The molecule has 0 fully saturated rings. The number of alkyl halides is 3. The molecule has 0 unspecified atom stereocenters. The number of fused-ring (bicyclic) bond motifs is 1. The Bertz CT molecular complexity index is 1230. The molecule has 1 N–H and O–H groups in total. The maximum atomic E-state index is 13.2. The molecule has 4 heterocycles. The maximum Gasteiger partial charge on any atom is 0.432 e. The van der Waals surface area contributed by atoms with Gasteiger partial charge in [0.15, 0.2) is 23.0 Å². The second-order valence-electron chi connectivity index (χ2n) is 6.00. The molecule has 4 aromatic rings. The number of hydrogen-bond acceptors (Lipinski definition) is 7. The number of aryl methyl sites for hydroxylation is 1. The summed E-state index contributed by atoms with van der Waals surface area (Å²) < 4.78 is 45.7. The quantitative estimate of drug-likeness (QED) is 0.547. The van der Waals surface area contributed by atoms with Crippen LogP contribution in [0.4, 0.5) is 18.0 Å². The summed E-state index contributed by atoms with van der Waals surface area (Å²) in [5.74, 6) is 0.546. The van der Waals surface area contributed by atoms with Crippen molar-refractivity contribution in [2.45, 2.75) is 13.1 Å². The summed E-state index contributed by atoms with van der Waals surface area (Å²) in [6.07, 6.45) is 0.708. The van der Waals surface area contributed by atoms with Gasteiger partial charge in [0.2, 0.25) is 0 Å². The van der Waals surface area contributed by atoms with Crippen LogP contribution in [-0.2, 0) is 6.18 Å². The lowest BCUT2D eigenvalue weighted by Crippen LogP contribution is -2.26. The van der Waals surface area contributed by atoms with Crippen LogP contribution in [0.15, 0.2) is 49.2 Å². The van der Waals surface area contributed by atoms with E-state index in [1.807, 2.05) is 0 Å². The molecule has 0 saturated carbocycles. The Hall–Kier alpha value is -4.09. The first-order valence-corrected chi connectivity index (χ1v) is 8.46. The predicted octanol–water partition coefficient (Wildman–Crippen LogP) is 3.35. The predicted molar refractivity (Wildman–Crippen MR) is 97.9 cm³/mol. The van der Waals surface area contributed by atoms with E-state index in [9.17, 15) is 18.0 Å². The molecule has 30 heavy (non-hydrogen) atoms. The first kappa shape index (κ1) is 19.2. The summed E-state index contributed by atoms with van der Waals surface area (Å²) in [6, 6.07) is 4.28. The number of nitrogens with one attached hydrogen (secondary N) is 1. The first-order valence-electron chi connectivity index (χ1n) is 8.46. The van der Waals surface area contributed by atoms with E-state index >= 15 is 0 Å². The van der Waals surface area contributed by atoms with Crippen LogP contribution in [-0.4, -0.2) is 35.7 Å². The number of pyridine rings is 1.